The van der Waals surface area contributed by atoms with Gasteiger partial charge in [-0.15, -0.1) is 0 Å². The molecule has 2 fully saturated rings. The molecule has 0 radical (unpaired) electrons. The number of carbonyl (C=O) groups is 4. The molecule has 7 nitrogen and oxygen atoms in total. The number of rotatable bonds is 5. The zero-order valence-corrected chi connectivity index (χ0v) is 17.5. The number of aryl methyl sites for hydroxylation is 2. The zero-order chi connectivity index (χ0) is 21.5. The van der Waals surface area contributed by atoms with Crippen molar-refractivity contribution < 1.29 is 23.9 Å². The van der Waals surface area contributed by atoms with Gasteiger partial charge in [0, 0.05) is 5.56 Å². The summed E-state index contributed by atoms with van der Waals surface area (Å²) in [5.41, 5.74) is 2.04. The van der Waals surface area contributed by atoms with E-state index < -0.39 is 30.2 Å². The van der Waals surface area contributed by atoms with Crippen LogP contribution in [-0.4, -0.2) is 46.8 Å². The lowest BCUT2D eigenvalue weighted by Gasteiger charge is -2.36. The van der Waals surface area contributed by atoms with Crippen LogP contribution in [0.3, 0.4) is 0 Å². The summed E-state index contributed by atoms with van der Waals surface area (Å²) in [7, 11) is 0. The fraction of sp³-hybridized carbons (Fsp3) is 0.565. The molecule has 0 aromatic heterocycles. The van der Waals surface area contributed by atoms with E-state index in [2.05, 4.69) is 5.32 Å². The van der Waals surface area contributed by atoms with Crippen molar-refractivity contribution >= 4 is 23.7 Å². The Morgan fingerprint density at radius 1 is 1.20 bits per heavy atom. The lowest BCUT2D eigenvalue weighted by Crippen LogP contribution is -2.54. The first kappa shape index (κ1) is 20.6. The van der Waals surface area contributed by atoms with Gasteiger partial charge in [-0.1, -0.05) is 31.9 Å². The van der Waals surface area contributed by atoms with E-state index in [1.807, 2.05) is 19.1 Å². The van der Waals surface area contributed by atoms with Crippen LogP contribution < -0.4 is 5.32 Å². The summed E-state index contributed by atoms with van der Waals surface area (Å²) in [5.74, 6) is -1.40. The molecule has 1 saturated heterocycles. The lowest BCUT2D eigenvalue weighted by molar-refractivity contribution is -0.150. The van der Waals surface area contributed by atoms with Gasteiger partial charge >= 0.3 is 12.0 Å². The Bertz CT molecular complexity index is 911. The molecule has 3 aliphatic rings. The lowest BCUT2D eigenvalue weighted by atomic mass is 9.73. The summed E-state index contributed by atoms with van der Waals surface area (Å²) in [6, 6.07) is 5.04. The third-order valence-corrected chi connectivity index (χ3v) is 6.85. The van der Waals surface area contributed by atoms with Crippen molar-refractivity contribution in [2.24, 2.45) is 5.92 Å². The molecule has 30 heavy (non-hydrogen) atoms. The van der Waals surface area contributed by atoms with Gasteiger partial charge in [0.25, 0.3) is 5.91 Å². The molecule has 1 aromatic carbocycles. The number of benzene rings is 1. The number of fused-ring (bicyclic) bond motifs is 1. The highest BCUT2D eigenvalue weighted by Crippen LogP contribution is 2.38. The van der Waals surface area contributed by atoms with Gasteiger partial charge in [0.1, 0.15) is 12.1 Å². The molecule has 2 aliphatic carbocycles. The second-order valence-corrected chi connectivity index (χ2v) is 8.77. The summed E-state index contributed by atoms with van der Waals surface area (Å²) in [6.07, 6.45) is 5.41. The highest BCUT2D eigenvalue weighted by atomic mass is 16.5. The van der Waals surface area contributed by atoms with Crippen molar-refractivity contribution in [3.8, 4) is 0 Å². The van der Waals surface area contributed by atoms with Crippen molar-refractivity contribution in [1.82, 2.24) is 10.2 Å². The summed E-state index contributed by atoms with van der Waals surface area (Å²) in [4.78, 5) is 51.4. The van der Waals surface area contributed by atoms with Gasteiger partial charge in [0.2, 0.25) is 5.78 Å². The van der Waals surface area contributed by atoms with Crippen LogP contribution in [0.1, 0.15) is 67.4 Å². The topological polar surface area (TPSA) is 92.8 Å². The number of esters is 1. The number of carbonyl (C=O) groups excluding carboxylic acids is 4. The Morgan fingerprint density at radius 2 is 1.97 bits per heavy atom. The molecule has 7 heteroatoms. The predicted octanol–water partition coefficient (Wildman–Crippen LogP) is 2.79. The molecule has 160 valence electrons. The number of amides is 3. The van der Waals surface area contributed by atoms with Crippen molar-refractivity contribution in [3.63, 3.8) is 0 Å². The monoisotopic (exact) mass is 412 g/mol. The molecule has 1 saturated carbocycles. The first-order valence-electron chi connectivity index (χ1n) is 10.8. The molecule has 4 rings (SSSR count). The molecular weight excluding hydrogens is 384 g/mol. The van der Waals surface area contributed by atoms with Gasteiger partial charge < -0.3 is 10.1 Å². The van der Waals surface area contributed by atoms with Gasteiger partial charge in [-0.05, 0) is 62.1 Å². The summed E-state index contributed by atoms with van der Waals surface area (Å²) in [6.45, 7) is 2.99. The van der Waals surface area contributed by atoms with Crippen molar-refractivity contribution in [2.45, 2.75) is 70.4 Å². The summed E-state index contributed by atoms with van der Waals surface area (Å²) < 4.78 is 5.28. The van der Waals surface area contributed by atoms with Gasteiger partial charge in [0.05, 0.1) is 0 Å². The minimum atomic E-state index is -0.986. The van der Waals surface area contributed by atoms with Gasteiger partial charge in [-0.3, -0.25) is 19.3 Å². The number of imide groups is 1. The molecule has 1 heterocycles. The minimum Gasteiger partial charge on any atom is -0.453 e. The Morgan fingerprint density at radius 3 is 2.73 bits per heavy atom. The number of hydrogen-bond donors (Lipinski definition) is 1. The summed E-state index contributed by atoms with van der Waals surface area (Å²) in [5, 5.41) is 2.81. The van der Waals surface area contributed by atoms with Crippen molar-refractivity contribution in [2.75, 3.05) is 6.54 Å². The number of nitrogens with zero attached hydrogens (tertiary/aromatic N) is 1. The van der Waals surface area contributed by atoms with Gasteiger partial charge in [0.15, 0.2) is 6.10 Å². The van der Waals surface area contributed by atoms with E-state index in [0.29, 0.717) is 12.0 Å². The van der Waals surface area contributed by atoms with Crippen LogP contribution in [0.15, 0.2) is 18.2 Å². The molecular formula is C23H28N2O5. The average molecular weight is 412 g/mol. The van der Waals surface area contributed by atoms with Crippen molar-refractivity contribution in [1.29, 1.82) is 0 Å². The fourth-order valence-corrected chi connectivity index (χ4v) is 5.02. The van der Waals surface area contributed by atoms with Crippen LogP contribution in [0.25, 0.3) is 0 Å². The van der Waals surface area contributed by atoms with Crippen LogP contribution in [0.4, 0.5) is 4.79 Å². The number of Topliss-reactive ketones (excluding diaryl/α,β-unsaturated/α-hetero) is 1. The van der Waals surface area contributed by atoms with Crippen LogP contribution in [-0.2, 0) is 27.2 Å². The van der Waals surface area contributed by atoms with Gasteiger partial charge in [-0.25, -0.2) is 4.79 Å². The highest BCUT2D eigenvalue weighted by molar-refractivity contribution is 6.09. The van der Waals surface area contributed by atoms with E-state index in [9.17, 15) is 19.2 Å². The average Bonchev–Trinajstić information content (AvgIpc) is 3.28. The number of urea groups is 1. The Hall–Kier alpha value is -2.70. The quantitative estimate of drug-likeness (QED) is 0.456. The van der Waals surface area contributed by atoms with E-state index in [1.54, 1.807) is 6.07 Å². The van der Waals surface area contributed by atoms with Crippen LogP contribution in [0.2, 0.25) is 0 Å². The predicted molar refractivity (Wildman–Crippen MR) is 109 cm³/mol. The largest absolute Gasteiger partial charge is 0.453 e. The van der Waals surface area contributed by atoms with Crippen molar-refractivity contribution in [3.05, 3.63) is 34.9 Å². The standard InChI is InChI=1S/C23H28N2O5/c1-14-6-3-4-11-23(14)21(28)25(22(29)24-23)13-19(26)30-15(2)20(27)18-10-9-16-7-5-8-17(16)12-18/h9-10,12,14-15H,3-8,11,13H2,1-2H3,(H,24,29)/t14-,15-,23-/m0/s1. The van der Waals surface area contributed by atoms with E-state index >= 15 is 0 Å². The molecule has 1 aliphatic heterocycles. The van der Waals surface area contributed by atoms with Crippen LogP contribution in [0.5, 0.6) is 0 Å². The molecule has 3 amide bonds. The number of nitrogens with one attached hydrogen (secondary N) is 1. The minimum absolute atomic E-state index is 0.0176. The number of ketones is 1. The first-order chi connectivity index (χ1) is 14.3. The second kappa shape index (κ2) is 7.85. The second-order valence-electron chi connectivity index (χ2n) is 8.77. The SMILES string of the molecule is C[C@H](OC(=O)CN1C(=O)N[C@]2(CCCC[C@@H]2C)C1=O)C(=O)c1ccc2c(c1)CCC2. The number of ether oxygens (including phenoxy) is 1. The Kier molecular flexibility index (Phi) is 5.38. The number of hydrogen-bond acceptors (Lipinski definition) is 5. The highest BCUT2D eigenvalue weighted by Gasteiger charge is 2.55. The van der Waals surface area contributed by atoms with E-state index in [1.165, 1.54) is 18.1 Å². The fourth-order valence-electron chi connectivity index (χ4n) is 5.02. The van der Waals surface area contributed by atoms with Crippen LogP contribution in [0, 0.1) is 5.92 Å². The maximum atomic E-state index is 13.0. The molecule has 3 atom stereocenters. The Balaban J connectivity index is 1.39. The molecule has 0 bridgehead atoms. The van der Waals surface area contributed by atoms with E-state index in [4.69, 9.17) is 4.74 Å². The molecule has 1 aromatic rings. The molecule has 1 spiro atoms. The van der Waals surface area contributed by atoms with Crippen LogP contribution >= 0.6 is 0 Å². The van der Waals surface area contributed by atoms with Gasteiger partial charge in [-0.2, -0.15) is 0 Å². The maximum Gasteiger partial charge on any atom is 0.326 e. The van der Waals surface area contributed by atoms with E-state index in [-0.39, 0.29) is 17.6 Å². The van der Waals surface area contributed by atoms with E-state index in [0.717, 1.165) is 43.4 Å². The molecule has 0 unspecified atom stereocenters. The smallest absolute Gasteiger partial charge is 0.326 e. The summed E-state index contributed by atoms with van der Waals surface area (Å²) >= 11 is 0. The third-order valence-electron chi connectivity index (χ3n) is 6.85. The maximum absolute atomic E-state index is 13.0. The Labute approximate surface area is 176 Å². The molecule has 1 N–H and O–H groups in total. The zero-order valence-electron chi connectivity index (χ0n) is 17.5. The third kappa shape index (κ3) is 3.50. The first-order valence-corrected chi connectivity index (χ1v) is 10.8. The normalized spacial score (nSPS) is 26.5.